The molecule has 9 nitrogen and oxygen atoms in total. The Kier molecular flexibility index (Phi) is 5.75. The minimum absolute atomic E-state index is 0.0269. The quantitative estimate of drug-likeness (QED) is 0.154. The van der Waals surface area contributed by atoms with Gasteiger partial charge in [0, 0.05) is 28.6 Å². The minimum Gasteiger partial charge on any atom is -0.338 e. The fourth-order valence-corrected chi connectivity index (χ4v) is 6.16. The number of benzene rings is 1. The molecular weight excluding hydrogens is 462 g/mol. The standard InChI is InChI=1S/C22H21N5O4S2/c1-12-13(2)33-20-18(12)21(28)26(15-7-3-4-8-15)22(24-20)32-11-17-23-19(25-31-17)14-6-5-9-16(10-14)27(29)30/h5-6,9-10,15H,3-4,7-8,11H2,1-2H3. The second-order valence-electron chi connectivity index (χ2n) is 8.08. The van der Waals surface area contributed by atoms with Crippen LogP contribution in [0.15, 0.2) is 38.7 Å². The molecule has 1 fully saturated rings. The number of thiophene rings is 1. The van der Waals surface area contributed by atoms with Gasteiger partial charge in [-0.1, -0.05) is 41.9 Å². The molecule has 1 aliphatic carbocycles. The number of hydrogen-bond donors (Lipinski definition) is 0. The van der Waals surface area contributed by atoms with Crippen molar-refractivity contribution in [1.82, 2.24) is 19.7 Å². The molecule has 3 aromatic heterocycles. The maximum Gasteiger partial charge on any atom is 0.270 e. The number of fused-ring (bicyclic) bond motifs is 1. The molecule has 1 saturated carbocycles. The van der Waals surface area contributed by atoms with Crippen molar-refractivity contribution in [3.8, 4) is 11.4 Å². The molecule has 0 bridgehead atoms. The Bertz CT molecular complexity index is 1420. The van der Waals surface area contributed by atoms with E-state index in [1.54, 1.807) is 23.5 Å². The van der Waals surface area contributed by atoms with Crippen LogP contribution in [0.5, 0.6) is 0 Å². The van der Waals surface area contributed by atoms with Gasteiger partial charge in [-0.3, -0.25) is 19.5 Å². The van der Waals surface area contributed by atoms with Crippen LogP contribution in [0.4, 0.5) is 5.69 Å². The summed E-state index contributed by atoms with van der Waals surface area (Å²) >= 11 is 2.94. The Morgan fingerprint density at radius 1 is 1.27 bits per heavy atom. The van der Waals surface area contributed by atoms with E-state index in [2.05, 4.69) is 10.1 Å². The van der Waals surface area contributed by atoms with Gasteiger partial charge in [-0.05, 0) is 32.3 Å². The highest BCUT2D eigenvalue weighted by Crippen LogP contribution is 2.35. The molecular formula is C22H21N5O4S2. The Balaban J connectivity index is 1.45. The zero-order valence-corrected chi connectivity index (χ0v) is 19.7. The van der Waals surface area contributed by atoms with Gasteiger partial charge in [0.2, 0.25) is 11.7 Å². The summed E-state index contributed by atoms with van der Waals surface area (Å²) in [5.74, 6) is 0.999. The maximum absolute atomic E-state index is 13.5. The van der Waals surface area contributed by atoms with E-state index in [0.717, 1.165) is 46.3 Å². The summed E-state index contributed by atoms with van der Waals surface area (Å²) in [4.78, 5) is 35.2. The summed E-state index contributed by atoms with van der Waals surface area (Å²) in [6.45, 7) is 4.00. The average Bonchev–Trinajstić information content (AvgIpc) is 3.54. The maximum atomic E-state index is 13.5. The molecule has 0 unspecified atom stereocenters. The van der Waals surface area contributed by atoms with Crippen LogP contribution < -0.4 is 5.56 Å². The molecule has 11 heteroatoms. The fourth-order valence-electron chi connectivity index (χ4n) is 4.19. The molecule has 0 spiro atoms. The molecule has 0 N–H and O–H groups in total. The first kappa shape index (κ1) is 21.8. The van der Waals surface area contributed by atoms with Crippen molar-refractivity contribution in [2.45, 2.75) is 56.5 Å². The van der Waals surface area contributed by atoms with E-state index in [1.807, 2.05) is 18.4 Å². The van der Waals surface area contributed by atoms with E-state index < -0.39 is 4.92 Å². The number of nitrogens with zero attached hydrogens (tertiary/aromatic N) is 5. The first-order valence-corrected chi connectivity index (χ1v) is 12.4. The van der Waals surface area contributed by atoms with Crippen molar-refractivity contribution in [1.29, 1.82) is 0 Å². The van der Waals surface area contributed by atoms with Crippen LogP contribution in [0.3, 0.4) is 0 Å². The summed E-state index contributed by atoms with van der Waals surface area (Å²) in [7, 11) is 0. The molecule has 1 aliphatic rings. The Morgan fingerprint density at radius 3 is 2.82 bits per heavy atom. The Hall–Kier alpha value is -3.05. The molecule has 33 heavy (non-hydrogen) atoms. The number of nitro groups is 1. The molecule has 0 aliphatic heterocycles. The average molecular weight is 484 g/mol. The van der Waals surface area contributed by atoms with Gasteiger partial charge >= 0.3 is 0 Å². The van der Waals surface area contributed by atoms with Gasteiger partial charge in [0.05, 0.1) is 16.1 Å². The van der Waals surface area contributed by atoms with E-state index in [4.69, 9.17) is 9.51 Å². The van der Waals surface area contributed by atoms with Crippen molar-refractivity contribution >= 4 is 39.0 Å². The highest BCUT2D eigenvalue weighted by molar-refractivity contribution is 7.98. The van der Waals surface area contributed by atoms with Crippen molar-refractivity contribution in [3.63, 3.8) is 0 Å². The first-order chi connectivity index (χ1) is 15.9. The van der Waals surface area contributed by atoms with E-state index in [-0.39, 0.29) is 23.1 Å². The lowest BCUT2D eigenvalue weighted by atomic mass is 10.2. The molecule has 170 valence electrons. The predicted octanol–water partition coefficient (Wildman–Crippen LogP) is 5.44. The lowest BCUT2D eigenvalue weighted by molar-refractivity contribution is -0.384. The van der Waals surface area contributed by atoms with Crippen LogP contribution in [0.1, 0.15) is 48.1 Å². The Labute approximate surface area is 197 Å². The van der Waals surface area contributed by atoms with Crippen LogP contribution in [-0.4, -0.2) is 24.6 Å². The van der Waals surface area contributed by atoms with Gasteiger partial charge in [0.25, 0.3) is 11.2 Å². The lowest BCUT2D eigenvalue weighted by Gasteiger charge is -2.17. The number of rotatable bonds is 6. The number of aryl methyl sites for hydroxylation is 2. The lowest BCUT2D eigenvalue weighted by Crippen LogP contribution is -2.26. The van der Waals surface area contributed by atoms with E-state index in [9.17, 15) is 14.9 Å². The predicted molar refractivity (Wildman–Crippen MR) is 127 cm³/mol. The molecule has 5 rings (SSSR count). The van der Waals surface area contributed by atoms with Gasteiger partial charge in [-0.2, -0.15) is 4.98 Å². The monoisotopic (exact) mass is 483 g/mol. The van der Waals surface area contributed by atoms with Gasteiger partial charge in [-0.25, -0.2) is 4.98 Å². The van der Waals surface area contributed by atoms with Crippen LogP contribution in [0.25, 0.3) is 21.6 Å². The number of non-ortho nitro benzene ring substituents is 1. The molecule has 0 amide bonds. The van der Waals surface area contributed by atoms with Gasteiger partial charge in [0.15, 0.2) is 5.16 Å². The van der Waals surface area contributed by atoms with Gasteiger partial charge < -0.3 is 4.52 Å². The minimum atomic E-state index is -0.460. The van der Waals surface area contributed by atoms with Crippen LogP contribution >= 0.6 is 23.1 Å². The number of nitro benzene ring substituents is 1. The highest BCUT2D eigenvalue weighted by Gasteiger charge is 2.25. The summed E-state index contributed by atoms with van der Waals surface area (Å²) in [5, 5.41) is 16.4. The Morgan fingerprint density at radius 2 is 2.06 bits per heavy atom. The molecule has 1 aromatic carbocycles. The fraction of sp³-hybridized carbons (Fsp3) is 0.364. The third-order valence-corrected chi connectivity index (χ3v) is 8.04. The highest BCUT2D eigenvalue weighted by atomic mass is 32.2. The number of hydrogen-bond acceptors (Lipinski definition) is 9. The molecule has 4 aromatic rings. The zero-order valence-electron chi connectivity index (χ0n) is 18.1. The first-order valence-electron chi connectivity index (χ1n) is 10.6. The van der Waals surface area contributed by atoms with Gasteiger partial charge in [-0.15, -0.1) is 11.3 Å². The largest absolute Gasteiger partial charge is 0.338 e. The normalized spacial score (nSPS) is 14.4. The molecule has 0 radical (unpaired) electrons. The van der Waals surface area contributed by atoms with E-state index >= 15 is 0 Å². The second kappa shape index (κ2) is 8.71. The number of aromatic nitrogens is 4. The van der Waals surface area contributed by atoms with Gasteiger partial charge in [0.1, 0.15) is 4.83 Å². The molecule has 3 heterocycles. The SMILES string of the molecule is Cc1sc2nc(SCc3nc(-c4cccc([N+](=O)[O-])c4)no3)n(C3CCCC3)c(=O)c2c1C. The smallest absolute Gasteiger partial charge is 0.270 e. The number of thioether (sulfide) groups is 1. The summed E-state index contributed by atoms with van der Waals surface area (Å²) in [6.07, 6.45) is 4.16. The van der Waals surface area contributed by atoms with E-state index in [0.29, 0.717) is 22.4 Å². The van der Waals surface area contributed by atoms with Crippen LogP contribution in [-0.2, 0) is 5.75 Å². The third-order valence-electron chi connectivity index (χ3n) is 6.00. The van der Waals surface area contributed by atoms with Crippen molar-refractivity contribution in [3.05, 3.63) is 61.1 Å². The van der Waals surface area contributed by atoms with E-state index in [1.165, 1.54) is 23.9 Å². The van der Waals surface area contributed by atoms with Crippen molar-refractivity contribution in [2.75, 3.05) is 0 Å². The van der Waals surface area contributed by atoms with Crippen molar-refractivity contribution < 1.29 is 9.45 Å². The summed E-state index contributed by atoms with van der Waals surface area (Å²) in [5.41, 5.74) is 1.51. The van der Waals surface area contributed by atoms with Crippen LogP contribution in [0.2, 0.25) is 0 Å². The van der Waals surface area contributed by atoms with Crippen LogP contribution in [0, 0.1) is 24.0 Å². The molecule has 0 saturated heterocycles. The third kappa shape index (κ3) is 4.06. The second-order valence-corrected chi connectivity index (χ2v) is 10.2. The summed E-state index contributed by atoms with van der Waals surface area (Å²) < 4.78 is 7.24. The summed E-state index contributed by atoms with van der Waals surface area (Å²) in [6, 6.07) is 6.26. The topological polar surface area (TPSA) is 117 Å². The van der Waals surface area contributed by atoms with Crippen molar-refractivity contribution in [2.24, 2.45) is 0 Å². The zero-order chi connectivity index (χ0) is 23.1. The molecule has 0 atom stereocenters.